The summed E-state index contributed by atoms with van der Waals surface area (Å²) < 4.78 is 5.58. The van der Waals surface area contributed by atoms with E-state index in [-0.39, 0.29) is 12.0 Å². The third-order valence-corrected chi connectivity index (χ3v) is 4.78. The van der Waals surface area contributed by atoms with E-state index < -0.39 is 6.10 Å². The lowest BCUT2D eigenvalue weighted by Crippen LogP contribution is -2.26. The first-order valence-electron chi connectivity index (χ1n) is 7.82. The number of rotatable bonds is 6. The molecule has 0 bridgehead atoms. The Morgan fingerprint density at radius 1 is 1.43 bits per heavy atom. The minimum atomic E-state index is -0.575. The molecule has 2 heterocycles. The molecule has 1 aromatic carbocycles. The third-order valence-electron chi connectivity index (χ3n) is 3.85. The number of nitrogens with one attached hydrogen (secondary N) is 1. The molecule has 2 aromatic rings. The summed E-state index contributed by atoms with van der Waals surface area (Å²) in [5, 5.41) is 15.5. The molecule has 0 radical (unpaired) electrons. The molecule has 122 valence electrons. The van der Waals surface area contributed by atoms with Gasteiger partial charge in [-0.2, -0.15) is 0 Å². The number of nitrogens with zero attached hydrogens (tertiary/aromatic N) is 1. The molecule has 1 fully saturated rings. The molecule has 6 heteroatoms. The maximum atomic E-state index is 12.1. The van der Waals surface area contributed by atoms with Gasteiger partial charge in [-0.3, -0.25) is 4.79 Å². The maximum Gasteiger partial charge on any atom is 0.270 e. The molecule has 1 amide bonds. The molecule has 2 atom stereocenters. The summed E-state index contributed by atoms with van der Waals surface area (Å²) in [6.07, 6.45) is 1.95. The molecule has 0 spiro atoms. The topological polar surface area (TPSA) is 71.5 Å². The zero-order chi connectivity index (χ0) is 16.1. The average Bonchev–Trinajstić information content (AvgIpc) is 3.26. The summed E-state index contributed by atoms with van der Waals surface area (Å²) in [5.41, 5.74) is 1.28. The van der Waals surface area contributed by atoms with E-state index in [1.165, 1.54) is 11.3 Å². The van der Waals surface area contributed by atoms with Gasteiger partial charge in [0.05, 0.1) is 6.10 Å². The van der Waals surface area contributed by atoms with E-state index in [1.54, 1.807) is 5.38 Å². The number of hydrogen-bond acceptors (Lipinski definition) is 5. The molecule has 2 N–H and O–H groups in total. The molecule has 1 aliphatic rings. The molecular weight excluding hydrogens is 312 g/mol. The highest BCUT2D eigenvalue weighted by Gasteiger charge is 2.22. The lowest BCUT2D eigenvalue weighted by molar-refractivity contribution is 0.0935. The van der Waals surface area contributed by atoms with Crippen molar-refractivity contribution in [3.8, 4) is 0 Å². The Balaban J connectivity index is 1.48. The van der Waals surface area contributed by atoms with Crippen molar-refractivity contribution in [2.24, 2.45) is 0 Å². The van der Waals surface area contributed by atoms with Crippen molar-refractivity contribution in [3.63, 3.8) is 0 Å². The van der Waals surface area contributed by atoms with Gasteiger partial charge in [0.2, 0.25) is 0 Å². The Bertz CT molecular complexity index is 638. The number of ether oxygens (including phenoxy) is 1. The number of thiazole rings is 1. The first-order valence-corrected chi connectivity index (χ1v) is 8.70. The molecule has 0 aliphatic carbocycles. The smallest absolute Gasteiger partial charge is 0.270 e. The van der Waals surface area contributed by atoms with Gasteiger partial charge < -0.3 is 15.2 Å². The maximum absolute atomic E-state index is 12.1. The summed E-state index contributed by atoms with van der Waals surface area (Å²) >= 11 is 1.47. The van der Waals surface area contributed by atoms with Crippen LogP contribution in [0, 0.1) is 0 Å². The van der Waals surface area contributed by atoms with Gasteiger partial charge in [0, 0.05) is 18.5 Å². The Morgan fingerprint density at radius 3 is 3.00 bits per heavy atom. The van der Waals surface area contributed by atoms with Crippen LogP contribution in [-0.2, 0) is 4.74 Å². The number of amides is 1. The quantitative estimate of drug-likeness (QED) is 0.853. The van der Waals surface area contributed by atoms with Crippen molar-refractivity contribution in [2.45, 2.75) is 31.5 Å². The van der Waals surface area contributed by atoms with Gasteiger partial charge in [0.1, 0.15) is 16.8 Å². The van der Waals surface area contributed by atoms with Gasteiger partial charge in [0.15, 0.2) is 0 Å². The highest BCUT2D eigenvalue weighted by atomic mass is 32.1. The van der Waals surface area contributed by atoms with Gasteiger partial charge >= 0.3 is 0 Å². The van der Waals surface area contributed by atoms with Crippen molar-refractivity contribution in [1.82, 2.24) is 10.3 Å². The summed E-state index contributed by atoms with van der Waals surface area (Å²) in [5.74, 6) is -0.203. The third kappa shape index (κ3) is 4.16. The van der Waals surface area contributed by atoms with Crippen LogP contribution >= 0.6 is 11.3 Å². The molecule has 1 aromatic heterocycles. The van der Waals surface area contributed by atoms with E-state index in [9.17, 15) is 9.90 Å². The lowest BCUT2D eigenvalue weighted by Gasteiger charge is -2.11. The first-order chi connectivity index (χ1) is 11.2. The molecule has 1 saturated heterocycles. The Labute approximate surface area is 139 Å². The van der Waals surface area contributed by atoms with Gasteiger partial charge in [-0.1, -0.05) is 30.3 Å². The SMILES string of the molecule is O=C(NCCC(O)c1ccccc1)c1csc(C2CCCO2)n1. The monoisotopic (exact) mass is 332 g/mol. The number of aliphatic hydroxyl groups excluding tert-OH is 1. The van der Waals surface area contributed by atoms with Crippen LogP contribution < -0.4 is 5.32 Å². The van der Waals surface area contributed by atoms with Crippen LogP contribution in [0.4, 0.5) is 0 Å². The van der Waals surface area contributed by atoms with Crippen LogP contribution in [0.3, 0.4) is 0 Å². The zero-order valence-corrected chi connectivity index (χ0v) is 13.6. The fraction of sp³-hybridized carbons (Fsp3) is 0.412. The van der Waals surface area contributed by atoms with E-state index in [2.05, 4.69) is 10.3 Å². The van der Waals surface area contributed by atoms with Gasteiger partial charge in [0.25, 0.3) is 5.91 Å². The number of aliphatic hydroxyl groups is 1. The minimum Gasteiger partial charge on any atom is -0.388 e. The first kappa shape index (κ1) is 16.1. The van der Waals surface area contributed by atoms with Crippen LogP contribution in [0.15, 0.2) is 35.7 Å². The van der Waals surface area contributed by atoms with Crippen molar-refractivity contribution >= 4 is 17.2 Å². The molecule has 23 heavy (non-hydrogen) atoms. The number of aromatic nitrogens is 1. The van der Waals surface area contributed by atoms with E-state index in [4.69, 9.17) is 4.74 Å². The molecular formula is C17H20N2O3S. The number of hydrogen-bond donors (Lipinski definition) is 2. The highest BCUT2D eigenvalue weighted by molar-refractivity contribution is 7.09. The van der Waals surface area contributed by atoms with E-state index in [0.717, 1.165) is 30.0 Å². The molecule has 2 unspecified atom stereocenters. The van der Waals surface area contributed by atoms with E-state index in [0.29, 0.717) is 18.7 Å². The zero-order valence-electron chi connectivity index (χ0n) is 12.8. The van der Waals surface area contributed by atoms with Gasteiger partial charge in [-0.25, -0.2) is 4.98 Å². The fourth-order valence-electron chi connectivity index (χ4n) is 2.57. The van der Waals surface area contributed by atoms with Crippen LogP contribution in [0.1, 0.15) is 52.5 Å². The summed E-state index contributed by atoms with van der Waals surface area (Å²) in [7, 11) is 0. The second-order valence-electron chi connectivity index (χ2n) is 5.54. The van der Waals surface area contributed by atoms with Crippen molar-refractivity contribution < 1.29 is 14.6 Å². The summed E-state index contributed by atoms with van der Waals surface area (Å²) in [6.45, 7) is 1.17. The predicted octanol–water partition coefficient (Wildman–Crippen LogP) is 2.85. The van der Waals surface area contributed by atoms with Crippen molar-refractivity contribution in [3.05, 3.63) is 52.0 Å². The van der Waals surface area contributed by atoms with Crippen molar-refractivity contribution in [1.29, 1.82) is 0 Å². The second kappa shape index (κ2) is 7.68. The van der Waals surface area contributed by atoms with Gasteiger partial charge in [-0.15, -0.1) is 11.3 Å². The number of carbonyl (C=O) groups is 1. The Morgan fingerprint density at radius 2 is 2.26 bits per heavy atom. The summed E-state index contributed by atoms with van der Waals surface area (Å²) in [6, 6.07) is 9.44. The van der Waals surface area contributed by atoms with Crippen LogP contribution in [0.25, 0.3) is 0 Å². The Hall–Kier alpha value is -1.76. The lowest BCUT2D eigenvalue weighted by atomic mass is 10.1. The van der Waals surface area contributed by atoms with E-state index >= 15 is 0 Å². The number of benzene rings is 1. The van der Waals surface area contributed by atoms with Gasteiger partial charge in [-0.05, 0) is 24.8 Å². The molecule has 1 aliphatic heterocycles. The average molecular weight is 332 g/mol. The fourth-order valence-corrected chi connectivity index (χ4v) is 3.45. The highest BCUT2D eigenvalue weighted by Crippen LogP contribution is 2.30. The van der Waals surface area contributed by atoms with Crippen LogP contribution in [0.5, 0.6) is 0 Å². The van der Waals surface area contributed by atoms with E-state index in [1.807, 2.05) is 30.3 Å². The number of carbonyl (C=O) groups excluding carboxylic acids is 1. The van der Waals surface area contributed by atoms with Crippen molar-refractivity contribution in [2.75, 3.05) is 13.2 Å². The summed E-state index contributed by atoms with van der Waals surface area (Å²) in [4.78, 5) is 16.5. The van der Waals surface area contributed by atoms with Crippen LogP contribution in [0.2, 0.25) is 0 Å². The predicted molar refractivity (Wildman–Crippen MR) is 88.4 cm³/mol. The van der Waals surface area contributed by atoms with Crippen LogP contribution in [-0.4, -0.2) is 29.1 Å². The normalized spacial score (nSPS) is 18.7. The molecule has 5 nitrogen and oxygen atoms in total. The second-order valence-corrected chi connectivity index (χ2v) is 6.43. The molecule has 3 rings (SSSR count). The standard InChI is InChI=1S/C17H20N2O3S/c20-14(12-5-2-1-3-6-12)8-9-18-16(21)13-11-23-17(19-13)15-7-4-10-22-15/h1-3,5-6,11,14-15,20H,4,7-10H2,(H,18,21). The minimum absolute atomic E-state index is 0.0430. The molecule has 0 saturated carbocycles. The largest absolute Gasteiger partial charge is 0.388 e. The Kier molecular flexibility index (Phi) is 5.38.